The van der Waals surface area contributed by atoms with Gasteiger partial charge in [0.2, 0.25) is 0 Å². The van der Waals surface area contributed by atoms with Crippen molar-refractivity contribution in [1.82, 2.24) is 0 Å². The average molecular weight is 243 g/mol. The molecule has 2 rings (SSSR count). The fourth-order valence-electron chi connectivity index (χ4n) is 1.76. The topological polar surface area (TPSA) is 55.5 Å². The minimum atomic E-state index is 0.00869. The fourth-order valence-corrected chi connectivity index (χ4v) is 1.76. The molecule has 0 radical (unpaired) electrons. The van der Waals surface area contributed by atoms with Crippen molar-refractivity contribution in [2.45, 2.75) is 20.1 Å². The summed E-state index contributed by atoms with van der Waals surface area (Å²) in [5, 5.41) is 9.10. The fraction of sp³-hybridized carbons (Fsp3) is 0.200. The van der Waals surface area contributed by atoms with Crippen molar-refractivity contribution < 1.29 is 9.84 Å². The van der Waals surface area contributed by atoms with Gasteiger partial charge in [0.05, 0.1) is 6.61 Å². The van der Waals surface area contributed by atoms with Gasteiger partial charge >= 0.3 is 0 Å². The first-order chi connectivity index (χ1) is 8.72. The zero-order valence-corrected chi connectivity index (χ0v) is 10.4. The monoisotopic (exact) mass is 243 g/mol. The Kier molecular flexibility index (Phi) is 3.97. The number of aliphatic hydroxyl groups is 1. The molecule has 0 heterocycles. The maximum Gasteiger partial charge on any atom is 0.132 e. The predicted octanol–water partition coefficient (Wildman–Crippen LogP) is 2.74. The molecular formula is C15H17NO2. The molecule has 0 amide bonds. The van der Waals surface area contributed by atoms with Gasteiger partial charge in [0.1, 0.15) is 11.5 Å². The van der Waals surface area contributed by atoms with Gasteiger partial charge in [0.15, 0.2) is 0 Å². The van der Waals surface area contributed by atoms with E-state index in [0.717, 1.165) is 22.4 Å². The van der Waals surface area contributed by atoms with Crippen molar-refractivity contribution >= 4 is 0 Å². The van der Waals surface area contributed by atoms with Crippen LogP contribution in [0.4, 0.5) is 0 Å². The van der Waals surface area contributed by atoms with E-state index in [4.69, 9.17) is 15.6 Å². The highest BCUT2D eigenvalue weighted by molar-refractivity contribution is 5.41. The second kappa shape index (κ2) is 5.67. The van der Waals surface area contributed by atoms with Crippen molar-refractivity contribution in [1.29, 1.82) is 0 Å². The van der Waals surface area contributed by atoms with Crippen LogP contribution in [0.25, 0.3) is 0 Å². The maximum atomic E-state index is 9.10. The Morgan fingerprint density at radius 2 is 2.00 bits per heavy atom. The zero-order valence-electron chi connectivity index (χ0n) is 10.4. The lowest BCUT2D eigenvalue weighted by Gasteiger charge is -2.11. The van der Waals surface area contributed by atoms with Gasteiger partial charge in [-0.15, -0.1) is 0 Å². The molecule has 0 aromatic heterocycles. The van der Waals surface area contributed by atoms with E-state index in [1.54, 1.807) is 0 Å². The number of hydrogen-bond donors (Lipinski definition) is 2. The number of aryl methyl sites for hydroxylation is 1. The molecule has 3 N–H and O–H groups in total. The van der Waals surface area contributed by atoms with E-state index < -0.39 is 0 Å². The van der Waals surface area contributed by atoms with Crippen LogP contribution in [-0.4, -0.2) is 5.11 Å². The Labute approximate surface area is 107 Å². The van der Waals surface area contributed by atoms with Crippen LogP contribution in [0.15, 0.2) is 42.5 Å². The van der Waals surface area contributed by atoms with E-state index in [0.29, 0.717) is 12.3 Å². The van der Waals surface area contributed by atoms with E-state index in [2.05, 4.69) is 0 Å². The van der Waals surface area contributed by atoms with Crippen LogP contribution < -0.4 is 10.5 Å². The van der Waals surface area contributed by atoms with Gasteiger partial charge in [-0.2, -0.15) is 0 Å². The second-order valence-electron chi connectivity index (χ2n) is 4.22. The lowest BCUT2D eigenvalue weighted by Crippen LogP contribution is -2.00. The first-order valence-corrected chi connectivity index (χ1v) is 5.90. The van der Waals surface area contributed by atoms with Gasteiger partial charge in [-0.3, -0.25) is 0 Å². The molecular weight excluding hydrogens is 226 g/mol. The average Bonchev–Trinajstić information content (AvgIpc) is 2.39. The van der Waals surface area contributed by atoms with Gasteiger partial charge in [-0.25, -0.2) is 0 Å². The van der Waals surface area contributed by atoms with Gasteiger partial charge in [-0.05, 0) is 36.2 Å². The first-order valence-electron chi connectivity index (χ1n) is 5.90. The number of nitrogens with two attached hydrogens (primary N) is 1. The molecule has 0 fully saturated rings. The minimum Gasteiger partial charge on any atom is -0.457 e. The van der Waals surface area contributed by atoms with Crippen LogP contribution >= 0.6 is 0 Å². The Bertz CT molecular complexity index is 538. The summed E-state index contributed by atoms with van der Waals surface area (Å²) in [5.74, 6) is 1.48. The van der Waals surface area contributed by atoms with Crippen molar-refractivity contribution in [3.05, 3.63) is 59.2 Å². The van der Waals surface area contributed by atoms with Crippen LogP contribution in [0.5, 0.6) is 11.5 Å². The quantitative estimate of drug-likeness (QED) is 0.868. The predicted molar refractivity (Wildman–Crippen MR) is 71.5 cm³/mol. The molecule has 2 aromatic rings. The lowest BCUT2D eigenvalue weighted by molar-refractivity contribution is 0.281. The van der Waals surface area contributed by atoms with Crippen LogP contribution in [0.1, 0.15) is 16.7 Å². The van der Waals surface area contributed by atoms with Gasteiger partial charge in [0, 0.05) is 12.1 Å². The molecule has 94 valence electrons. The standard InChI is InChI=1S/C15H17NO2/c1-11-5-6-13(9-16)15(7-11)18-14-4-2-3-12(8-14)10-17/h2-8,17H,9-10,16H2,1H3. The highest BCUT2D eigenvalue weighted by Crippen LogP contribution is 2.26. The Morgan fingerprint density at radius 1 is 1.17 bits per heavy atom. The third-order valence-corrected chi connectivity index (χ3v) is 2.75. The molecule has 0 spiro atoms. The summed E-state index contributed by atoms with van der Waals surface area (Å²) in [6.45, 7) is 2.46. The highest BCUT2D eigenvalue weighted by Gasteiger charge is 2.04. The lowest BCUT2D eigenvalue weighted by atomic mass is 10.1. The van der Waals surface area contributed by atoms with E-state index >= 15 is 0 Å². The molecule has 0 aliphatic carbocycles. The molecule has 18 heavy (non-hydrogen) atoms. The second-order valence-corrected chi connectivity index (χ2v) is 4.22. The Balaban J connectivity index is 2.29. The molecule has 0 saturated heterocycles. The Morgan fingerprint density at radius 3 is 2.72 bits per heavy atom. The summed E-state index contributed by atoms with van der Waals surface area (Å²) in [6.07, 6.45) is 0. The summed E-state index contributed by atoms with van der Waals surface area (Å²) in [4.78, 5) is 0. The number of rotatable bonds is 4. The van der Waals surface area contributed by atoms with Crippen LogP contribution in [0.2, 0.25) is 0 Å². The van der Waals surface area contributed by atoms with Crippen LogP contribution in [-0.2, 0) is 13.2 Å². The molecule has 2 aromatic carbocycles. The van der Waals surface area contributed by atoms with Crippen LogP contribution in [0, 0.1) is 6.92 Å². The molecule has 3 heteroatoms. The largest absolute Gasteiger partial charge is 0.457 e. The zero-order chi connectivity index (χ0) is 13.0. The molecule has 0 atom stereocenters. The van der Waals surface area contributed by atoms with E-state index in [1.807, 2.05) is 49.4 Å². The molecule has 3 nitrogen and oxygen atoms in total. The van der Waals surface area contributed by atoms with Crippen molar-refractivity contribution in [2.75, 3.05) is 0 Å². The number of hydrogen-bond acceptors (Lipinski definition) is 3. The summed E-state index contributed by atoms with van der Waals surface area (Å²) < 4.78 is 5.83. The maximum absolute atomic E-state index is 9.10. The summed E-state index contributed by atoms with van der Waals surface area (Å²) in [6, 6.07) is 13.4. The van der Waals surface area contributed by atoms with Crippen molar-refractivity contribution in [2.24, 2.45) is 5.73 Å². The van der Waals surface area contributed by atoms with Crippen LogP contribution in [0.3, 0.4) is 0 Å². The highest BCUT2D eigenvalue weighted by atomic mass is 16.5. The van der Waals surface area contributed by atoms with Crippen molar-refractivity contribution in [3.63, 3.8) is 0 Å². The molecule has 0 unspecified atom stereocenters. The summed E-state index contributed by atoms with van der Waals surface area (Å²) >= 11 is 0. The van der Waals surface area contributed by atoms with Crippen molar-refractivity contribution in [3.8, 4) is 11.5 Å². The minimum absolute atomic E-state index is 0.00869. The van der Waals surface area contributed by atoms with Gasteiger partial charge in [-0.1, -0.05) is 24.3 Å². The normalized spacial score (nSPS) is 10.4. The first kappa shape index (κ1) is 12.6. The number of benzene rings is 2. The smallest absolute Gasteiger partial charge is 0.132 e. The summed E-state index contributed by atoms with van der Waals surface area (Å²) in [5.41, 5.74) is 8.61. The van der Waals surface area contributed by atoms with Gasteiger partial charge in [0.25, 0.3) is 0 Å². The molecule has 0 saturated carbocycles. The van der Waals surface area contributed by atoms with Gasteiger partial charge < -0.3 is 15.6 Å². The molecule has 0 aliphatic rings. The van der Waals surface area contributed by atoms with E-state index in [9.17, 15) is 0 Å². The third-order valence-electron chi connectivity index (χ3n) is 2.75. The SMILES string of the molecule is Cc1ccc(CN)c(Oc2cccc(CO)c2)c1. The molecule has 0 aliphatic heterocycles. The Hall–Kier alpha value is -1.84. The van der Waals surface area contributed by atoms with E-state index in [1.165, 1.54) is 0 Å². The third kappa shape index (κ3) is 2.88. The molecule has 0 bridgehead atoms. The number of aliphatic hydroxyl groups excluding tert-OH is 1. The van der Waals surface area contributed by atoms with E-state index in [-0.39, 0.29) is 6.61 Å². The summed E-state index contributed by atoms with van der Waals surface area (Å²) in [7, 11) is 0. The number of ether oxygens (including phenoxy) is 1.